The summed E-state index contributed by atoms with van der Waals surface area (Å²) in [6.45, 7) is 3.42. The second-order valence-corrected chi connectivity index (χ2v) is 10.2. The predicted molar refractivity (Wildman–Crippen MR) is 127 cm³/mol. The molecule has 0 heterocycles. The molecule has 0 aliphatic carbocycles. The van der Waals surface area contributed by atoms with E-state index in [1.165, 1.54) is 36.4 Å². The molecule has 0 aliphatic rings. The number of halogens is 2. The van der Waals surface area contributed by atoms with Crippen LogP contribution in [-0.2, 0) is 27.8 Å². The van der Waals surface area contributed by atoms with Crippen LogP contribution in [0, 0.1) is 12.7 Å². The second kappa shape index (κ2) is 10.4. The Morgan fingerprint density at radius 2 is 1.72 bits per heavy atom. The average Bonchev–Trinajstić information content (AvgIpc) is 2.77. The molecule has 3 aromatic rings. The lowest BCUT2D eigenvalue weighted by Crippen LogP contribution is -2.37. The Bertz CT molecular complexity index is 1200. The fourth-order valence-electron chi connectivity index (χ4n) is 3.37. The number of nitrogens with one attached hydrogen (secondary N) is 1. The van der Waals surface area contributed by atoms with E-state index in [-0.39, 0.29) is 18.0 Å². The lowest BCUT2D eigenvalue weighted by atomic mass is 10.1. The molecule has 0 spiro atoms. The fraction of sp³-hybridized carbons (Fsp3) is 0.208. The van der Waals surface area contributed by atoms with E-state index in [2.05, 4.69) is 21.2 Å². The molecule has 1 N–H and O–H groups in total. The molecule has 0 saturated carbocycles. The SMILES string of the molecule is CCc1cc(Br)cc(C)c1NC(=O)CN(Cc1ccc(F)cc1)S(=O)(=O)c1ccccc1. The Kier molecular flexibility index (Phi) is 7.82. The van der Waals surface area contributed by atoms with Crippen molar-refractivity contribution in [2.24, 2.45) is 0 Å². The number of sulfonamides is 1. The third-order valence-corrected chi connectivity index (χ3v) is 7.26. The van der Waals surface area contributed by atoms with Crippen molar-refractivity contribution >= 4 is 37.5 Å². The van der Waals surface area contributed by atoms with Crippen LogP contribution in [0.15, 0.2) is 76.1 Å². The maximum Gasteiger partial charge on any atom is 0.243 e. The Hall–Kier alpha value is -2.55. The summed E-state index contributed by atoms with van der Waals surface area (Å²) in [4.78, 5) is 13.0. The summed E-state index contributed by atoms with van der Waals surface area (Å²) in [7, 11) is -3.96. The second-order valence-electron chi connectivity index (χ2n) is 7.37. The molecule has 0 saturated heterocycles. The highest BCUT2D eigenvalue weighted by molar-refractivity contribution is 9.10. The number of nitrogens with zero attached hydrogens (tertiary/aromatic N) is 1. The third kappa shape index (κ3) is 5.82. The van der Waals surface area contributed by atoms with Crippen LogP contribution in [0.25, 0.3) is 0 Å². The summed E-state index contributed by atoms with van der Waals surface area (Å²) in [6, 6.07) is 17.3. The van der Waals surface area contributed by atoms with Gasteiger partial charge in [-0.3, -0.25) is 4.79 Å². The largest absolute Gasteiger partial charge is 0.324 e. The number of carbonyl (C=O) groups excluding carboxylic acids is 1. The maximum absolute atomic E-state index is 13.3. The molecule has 3 aromatic carbocycles. The van der Waals surface area contributed by atoms with Crippen LogP contribution in [0.3, 0.4) is 0 Å². The number of benzene rings is 3. The first-order valence-electron chi connectivity index (χ1n) is 10.1. The monoisotopic (exact) mass is 518 g/mol. The Labute approximate surface area is 196 Å². The van der Waals surface area contributed by atoms with Crippen molar-refractivity contribution in [3.05, 3.63) is 93.7 Å². The van der Waals surface area contributed by atoms with E-state index in [0.29, 0.717) is 17.7 Å². The number of rotatable bonds is 8. The Balaban J connectivity index is 1.90. The molecular weight excluding hydrogens is 495 g/mol. The van der Waals surface area contributed by atoms with E-state index in [0.717, 1.165) is 19.9 Å². The van der Waals surface area contributed by atoms with E-state index in [9.17, 15) is 17.6 Å². The normalized spacial score (nSPS) is 11.5. The average molecular weight is 519 g/mol. The summed E-state index contributed by atoms with van der Waals surface area (Å²) in [5.41, 5.74) is 3.08. The lowest BCUT2D eigenvalue weighted by molar-refractivity contribution is -0.116. The van der Waals surface area contributed by atoms with Gasteiger partial charge in [0.1, 0.15) is 5.82 Å². The number of carbonyl (C=O) groups is 1. The molecule has 5 nitrogen and oxygen atoms in total. The van der Waals surface area contributed by atoms with Gasteiger partial charge in [0, 0.05) is 16.7 Å². The fourth-order valence-corrected chi connectivity index (χ4v) is 5.40. The number of amides is 1. The van der Waals surface area contributed by atoms with Crippen molar-refractivity contribution in [1.29, 1.82) is 0 Å². The molecule has 32 heavy (non-hydrogen) atoms. The highest BCUT2D eigenvalue weighted by Gasteiger charge is 2.27. The van der Waals surface area contributed by atoms with E-state index in [1.807, 2.05) is 26.0 Å². The van der Waals surface area contributed by atoms with Crippen molar-refractivity contribution < 1.29 is 17.6 Å². The van der Waals surface area contributed by atoms with Crippen LogP contribution in [0.5, 0.6) is 0 Å². The lowest BCUT2D eigenvalue weighted by Gasteiger charge is -2.23. The van der Waals surface area contributed by atoms with Crippen molar-refractivity contribution in [2.75, 3.05) is 11.9 Å². The van der Waals surface area contributed by atoms with E-state index >= 15 is 0 Å². The first-order valence-corrected chi connectivity index (χ1v) is 12.3. The topological polar surface area (TPSA) is 66.5 Å². The van der Waals surface area contributed by atoms with Crippen LogP contribution in [-0.4, -0.2) is 25.2 Å². The van der Waals surface area contributed by atoms with Crippen LogP contribution in [0.4, 0.5) is 10.1 Å². The van der Waals surface area contributed by atoms with E-state index in [4.69, 9.17) is 0 Å². The molecule has 0 bridgehead atoms. The van der Waals surface area contributed by atoms with E-state index in [1.54, 1.807) is 18.2 Å². The standard InChI is InChI=1S/C24H24BrFN2O3S/c1-3-19-14-20(25)13-17(2)24(19)27-23(29)16-28(15-18-9-11-21(26)12-10-18)32(30,31)22-7-5-4-6-8-22/h4-14H,3,15-16H2,1-2H3,(H,27,29). The summed E-state index contributed by atoms with van der Waals surface area (Å²) in [5.74, 6) is -0.867. The molecule has 8 heteroatoms. The first-order chi connectivity index (χ1) is 15.2. The quantitative estimate of drug-likeness (QED) is 0.440. The molecule has 1 amide bonds. The van der Waals surface area contributed by atoms with Crippen LogP contribution in [0.1, 0.15) is 23.6 Å². The van der Waals surface area contributed by atoms with Crippen molar-refractivity contribution in [3.8, 4) is 0 Å². The summed E-state index contributed by atoms with van der Waals surface area (Å²) in [5, 5.41) is 2.88. The highest BCUT2D eigenvalue weighted by atomic mass is 79.9. The summed E-state index contributed by atoms with van der Waals surface area (Å²) in [6.07, 6.45) is 0.706. The van der Waals surface area contributed by atoms with Gasteiger partial charge in [-0.15, -0.1) is 0 Å². The number of hydrogen-bond donors (Lipinski definition) is 1. The van der Waals surface area contributed by atoms with Crippen LogP contribution >= 0.6 is 15.9 Å². The van der Waals surface area contributed by atoms with Gasteiger partial charge in [0.25, 0.3) is 0 Å². The highest BCUT2D eigenvalue weighted by Crippen LogP contribution is 2.27. The molecule has 3 rings (SSSR count). The van der Waals surface area contributed by atoms with Crippen molar-refractivity contribution in [2.45, 2.75) is 31.7 Å². The minimum atomic E-state index is -3.96. The first kappa shape index (κ1) is 24.1. The van der Waals surface area contributed by atoms with Gasteiger partial charge in [-0.25, -0.2) is 12.8 Å². The van der Waals surface area contributed by atoms with Gasteiger partial charge in [0.05, 0.1) is 11.4 Å². The molecule has 0 aliphatic heterocycles. The molecule has 0 fully saturated rings. The third-order valence-electron chi connectivity index (χ3n) is 5.00. The van der Waals surface area contributed by atoms with Crippen molar-refractivity contribution in [1.82, 2.24) is 4.31 Å². The molecule has 0 radical (unpaired) electrons. The molecule has 168 valence electrons. The molecule has 0 aromatic heterocycles. The minimum Gasteiger partial charge on any atom is -0.324 e. The number of aryl methyl sites for hydroxylation is 2. The summed E-state index contributed by atoms with van der Waals surface area (Å²) < 4.78 is 41.9. The van der Waals surface area contributed by atoms with Gasteiger partial charge in [-0.05, 0) is 66.4 Å². The van der Waals surface area contributed by atoms with Crippen molar-refractivity contribution in [3.63, 3.8) is 0 Å². The van der Waals surface area contributed by atoms with Crippen LogP contribution in [0.2, 0.25) is 0 Å². The summed E-state index contributed by atoms with van der Waals surface area (Å²) >= 11 is 3.46. The molecule has 0 unspecified atom stereocenters. The Morgan fingerprint density at radius 3 is 2.34 bits per heavy atom. The predicted octanol–water partition coefficient (Wildman–Crippen LogP) is 5.29. The minimum absolute atomic E-state index is 0.0646. The zero-order chi connectivity index (χ0) is 23.3. The maximum atomic E-state index is 13.3. The van der Waals surface area contributed by atoms with Gasteiger partial charge >= 0.3 is 0 Å². The molecule has 0 atom stereocenters. The van der Waals surface area contributed by atoms with E-state index < -0.39 is 21.7 Å². The zero-order valence-corrected chi connectivity index (χ0v) is 20.2. The van der Waals surface area contributed by atoms with Gasteiger partial charge in [-0.1, -0.05) is 53.2 Å². The smallest absolute Gasteiger partial charge is 0.243 e. The van der Waals surface area contributed by atoms with Crippen LogP contribution < -0.4 is 5.32 Å². The van der Waals surface area contributed by atoms with Gasteiger partial charge in [0.2, 0.25) is 15.9 Å². The zero-order valence-electron chi connectivity index (χ0n) is 17.8. The number of anilines is 1. The van der Waals surface area contributed by atoms with Gasteiger partial charge in [0.15, 0.2) is 0 Å². The Morgan fingerprint density at radius 1 is 1.06 bits per heavy atom. The van der Waals surface area contributed by atoms with Gasteiger partial charge < -0.3 is 5.32 Å². The van der Waals surface area contributed by atoms with Gasteiger partial charge in [-0.2, -0.15) is 4.31 Å². The number of hydrogen-bond acceptors (Lipinski definition) is 3. The molecular formula is C24H24BrFN2O3S.